The lowest BCUT2D eigenvalue weighted by molar-refractivity contribution is 0.0697. The van der Waals surface area contributed by atoms with Gasteiger partial charge in [0.25, 0.3) is 0 Å². The summed E-state index contributed by atoms with van der Waals surface area (Å²) >= 11 is 5.88. The van der Waals surface area contributed by atoms with Crippen LogP contribution in [-0.2, 0) is 0 Å². The van der Waals surface area contributed by atoms with Gasteiger partial charge >= 0.3 is 5.97 Å². The third-order valence-electron chi connectivity index (χ3n) is 2.85. The zero-order valence-corrected chi connectivity index (χ0v) is 11.9. The molecule has 104 valence electrons. The second kappa shape index (κ2) is 6.44. The molecule has 0 radical (unpaired) electrons. The largest absolute Gasteiger partial charge is 0.493 e. The molecule has 2 aromatic carbocycles. The summed E-state index contributed by atoms with van der Waals surface area (Å²) in [5, 5.41) is 9.72. The molecule has 0 heterocycles. The highest BCUT2D eigenvalue weighted by atomic mass is 35.5. The molecule has 0 fully saturated rings. The van der Waals surface area contributed by atoms with Crippen LogP contribution in [0, 0.1) is 0 Å². The van der Waals surface area contributed by atoms with Crippen molar-refractivity contribution in [3.8, 4) is 16.9 Å². The molecule has 4 heteroatoms. The van der Waals surface area contributed by atoms with E-state index in [1.807, 2.05) is 31.2 Å². The fourth-order valence-electron chi connectivity index (χ4n) is 1.96. The van der Waals surface area contributed by atoms with E-state index in [4.69, 9.17) is 16.3 Å². The number of hydrogen-bond acceptors (Lipinski definition) is 2. The molecular weight excluding hydrogens is 276 g/mol. The number of aromatic carboxylic acids is 1. The quantitative estimate of drug-likeness (QED) is 0.882. The van der Waals surface area contributed by atoms with Crippen LogP contribution in [0.5, 0.6) is 5.75 Å². The molecule has 0 amide bonds. The lowest BCUT2D eigenvalue weighted by atomic mass is 9.99. The average molecular weight is 291 g/mol. The fourth-order valence-corrected chi connectivity index (χ4v) is 2.13. The number of halogens is 1. The van der Waals surface area contributed by atoms with Crippen molar-refractivity contribution in [3.05, 3.63) is 53.1 Å². The lowest BCUT2D eigenvalue weighted by Crippen LogP contribution is -2.02. The first kappa shape index (κ1) is 14.4. The zero-order chi connectivity index (χ0) is 14.5. The first-order valence-electron chi connectivity index (χ1n) is 6.38. The van der Waals surface area contributed by atoms with Gasteiger partial charge in [0.05, 0.1) is 12.2 Å². The second-order valence-corrected chi connectivity index (χ2v) is 4.78. The molecule has 0 unspecified atom stereocenters. The van der Waals surface area contributed by atoms with Gasteiger partial charge in [0.2, 0.25) is 0 Å². The third-order valence-corrected chi connectivity index (χ3v) is 3.09. The Kier molecular flexibility index (Phi) is 4.64. The van der Waals surface area contributed by atoms with Crippen molar-refractivity contribution in [2.24, 2.45) is 0 Å². The third kappa shape index (κ3) is 3.11. The first-order valence-corrected chi connectivity index (χ1v) is 6.76. The van der Waals surface area contributed by atoms with E-state index in [2.05, 4.69) is 0 Å². The Morgan fingerprint density at radius 1 is 1.20 bits per heavy atom. The van der Waals surface area contributed by atoms with Crippen LogP contribution in [-0.4, -0.2) is 17.7 Å². The number of benzene rings is 2. The molecule has 2 aromatic rings. The Labute approximate surface area is 122 Å². The predicted octanol–water partition coefficient (Wildman–Crippen LogP) is 4.49. The predicted molar refractivity (Wildman–Crippen MR) is 79.6 cm³/mol. The molecule has 0 atom stereocenters. The molecule has 3 nitrogen and oxygen atoms in total. The molecule has 0 saturated heterocycles. The fraction of sp³-hybridized carbons (Fsp3) is 0.188. The van der Waals surface area contributed by atoms with Crippen molar-refractivity contribution in [1.82, 2.24) is 0 Å². The highest BCUT2D eigenvalue weighted by molar-refractivity contribution is 6.31. The smallest absolute Gasteiger partial charge is 0.336 e. The van der Waals surface area contributed by atoms with E-state index in [9.17, 15) is 9.90 Å². The number of rotatable bonds is 5. The molecule has 0 bridgehead atoms. The Hall–Kier alpha value is -2.00. The summed E-state index contributed by atoms with van der Waals surface area (Å²) in [6.45, 7) is 2.61. The van der Waals surface area contributed by atoms with Crippen LogP contribution in [0.2, 0.25) is 5.02 Å². The first-order chi connectivity index (χ1) is 9.63. The summed E-state index contributed by atoms with van der Waals surface area (Å²) in [5.41, 5.74) is 1.54. The number of ether oxygens (including phenoxy) is 1. The van der Waals surface area contributed by atoms with E-state index in [1.54, 1.807) is 12.1 Å². The van der Waals surface area contributed by atoms with Gasteiger partial charge < -0.3 is 9.84 Å². The van der Waals surface area contributed by atoms with Crippen molar-refractivity contribution in [2.75, 3.05) is 6.61 Å². The normalized spacial score (nSPS) is 10.3. The lowest BCUT2D eigenvalue weighted by Gasteiger charge is -2.13. The number of carbonyl (C=O) groups is 1. The average Bonchev–Trinajstić information content (AvgIpc) is 2.45. The van der Waals surface area contributed by atoms with Crippen LogP contribution in [0.15, 0.2) is 42.5 Å². The van der Waals surface area contributed by atoms with Gasteiger partial charge in [-0.25, -0.2) is 4.79 Å². The van der Waals surface area contributed by atoms with E-state index in [0.29, 0.717) is 22.9 Å². The van der Waals surface area contributed by atoms with Gasteiger partial charge in [0.15, 0.2) is 0 Å². The molecule has 0 aliphatic rings. The Bertz CT molecular complexity index is 623. The Morgan fingerprint density at radius 3 is 2.65 bits per heavy atom. The summed E-state index contributed by atoms with van der Waals surface area (Å²) in [6, 6.07) is 12.3. The summed E-state index contributed by atoms with van der Waals surface area (Å²) < 4.78 is 5.68. The molecule has 0 spiro atoms. The molecule has 0 saturated carbocycles. The Balaban J connectivity index is 2.54. The summed E-state index contributed by atoms with van der Waals surface area (Å²) in [5.74, 6) is -0.327. The van der Waals surface area contributed by atoms with Crippen molar-refractivity contribution in [1.29, 1.82) is 0 Å². The molecule has 0 aliphatic heterocycles. The topological polar surface area (TPSA) is 46.5 Å². The van der Waals surface area contributed by atoms with Gasteiger partial charge in [-0.05, 0) is 30.2 Å². The van der Waals surface area contributed by atoms with E-state index < -0.39 is 5.97 Å². The van der Waals surface area contributed by atoms with Crippen LogP contribution in [0.1, 0.15) is 23.7 Å². The highest BCUT2D eigenvalue weighted by Crippen LogP contribution is 2.33. The van der Waals surface area contributed by atoms with Crippen LogP contribution in [0.4, 0.5) is 0 Å². The monoisotopic (exact) mass is 290 g/mol. The second-order valence-electron chi connectivity index (χ2n) is 4.34. The number of carboxylic acids is 1. The standard InChI is InChI=1S/C16H15ClO3/c1-2-9-20-15-6-4-3-5-13(15)12-8-7-11(17)10-14(12)16(18)19/h3-8,10H,2,9H2,1H3,(H,18,19). The van der Waals surface area contributed by atoms with Gasteiger partial charge in [0.1, 0.15) is 5.75 Å². The minimum atomic E-state index is -1.01. The van der Waals surface area contributed by atoms with Gasteiger partial charge in [-0.3, -0.25) is 0 Å². The minimum Gasteiger partial charge on any atom is -0.493 e. The van der Waals surface area contributed by atoms with Crippen LogP contribution in [0.3, 0.4) is 0 Å². The van der Waals surface area contributed by atoms with Gasteiger partial charge in [-0.15, -0.1) is 0 Å². The number of para-hydroxylation sites is 1. The van der Waals surface area contributed by atoms with Crippen molar-refractivity contribution >= 4 is 17.6 Å². The maximum atomic E-state index is 11.4. The van der Waals surface area contributed by atoms with Crippen LogP contribution < -0.4 is 4.74 Å². The molecular formula is C16H15ClO3. The summed E-state index contributed by atoms with van der Waals surface area (Å²) in [4.78, 5) is 11.4. The van der Waals surface area contributed by atoms with E-state index in [-0.39, 0.29) is 5.56 Å². The van der Waals surface area contributed by atoms with Crippen LogP contribution >= 0.6 is 11.6 Å². The molecule has 0 aromatic heterocycles. The minimum absolute atomic E-state index is 0.171. The maximum Gasteiger partial charge on any atom is 0.336 e. The van der Waals surface area contributed by atoms with Crippen molar-refractivity contribution in [3.63, 3.8) is 0 Å². The van der Waals surface area contributed by atoms with Gasteiger partial charge in [-0.2, -0.15) is 0 Å². The SMILES string of the molecule is CCCOc1ccccc1-c1ccc(Cl)cc1C(=O)O. The van der Waals surface area contributed by atoms with Crippen LogP contribution in [0.25, 0.3) is 11.1 Å². The van der Waals surface area contributed by atoms with E-state index in [0.717, 1.165) is 12.0 Å². The van der Waals surface area contributed by atoms with Crippen molar-refractivity contribution < 1.29 is 14.6 Å². The molecule has 2 rings (SSSR count). The van der Waals surface area contributed by atoms with E-state index in [1.165, 1.54) is 6.07 Å². The number of carboxylic acid groups (broad SMARTS) is 1. The van der Waals surface area contributed by atoms with E-state index >= 15 is 0 Å². The van der Waals surface area contributed by atoms with Crippen molar-refractivity contribution in [2.45, 2.75) is 13.3 Å². The zero-order valence-electron chi connectivity index (χ0n) is 11.1. The Morgan fingerprint density at radius 2 is 1.95 bits per heavy atom. The highest BCUT2D eigenvalue weighted by Gasteiger charge is 2.15. The molecule has 20 heavy (non-hydrogen) atoms. The summed E-state index contributed by atoms with van der Waals surface area (Å²) in [6.07, 6.45) is 0.890. The maximum absolute atomic E-state index is 11.4. The number of hydrogen-bond donors (Lipinski definition) is 1. The summed E-state index contributed by atoms with van der Waals surface area (Å²) in [7, 11) is 0. The molecule has 0 aliphatic carbocycles. The van der Waals surface area contributed by atoms with Gasteiger partial charge in [-0.1, -0.05) is 42.8 Å². The van der Waals surface area contributed by atoms with Gasteiger partial charge in [0, 0.05) is 10.6 Å². The molecule has 1 N–H and O–H groups in total.